The van der Waals surface area contributed by atoms with Crippen LogP contribution < -0.4 is 10.6 Å². The fourth-order valence-electron chi connectivity index (χ4n) is 0.555. The molecule has 0 radical (unpaired) electrons. The second kappa shape index (κ2) is 6.93. The second-order valence-corrected chi connectivity index (χ2v) is 1.99. The maximum absolute atomic E-state index is 3.07. The second-order valence-electron chi connectivity index (χ2n) is 1.99. The quantitative estimate of drug-likeness (QED) is 0.644. The van der Waals surface area contributed by atoms with Crippen molar-refractivity contribution in [2.45, 2.75) is 20.8 Å². The molecular weight excluding hydrogens is 136 g/mol. The monoisotopic (exact) mass is 152 g/mol. The van der Waals surface area contributed by atoms with Crippen molar-refractivity contribution in [3.05, 3.63) is 36.4 Å². The van der Waals surface area contributed by atoms with E-state index < -0.39 is 0 Å². The molecule has 0 bridgehead atoms. The first-order valence-corrected chi connectivity index (χ1v) is 3.76. The molecule has 0 aromatic rings. The Kier molecular flexibility index (Phi) is 6.19. The van der Waals surface area contributed by atoms with Gasteiger partial charge >= 0.3 is 0 Å². The van der Waals surface area contributed by atoms with Gasteiger partial charge in [-0.3, -0.25) is 0 Å². The normalized spacial score (nSPS) is 10.5. The Labute approximate surface area is 68.7 Å². The molecule has 2 nitrogen and oxygen atoms in total. The Morgan fingerprint density at radius 3 is 1.64 bits per heavy atom. The van der Waals surface area contributed by atoms with Crippen molar-refractivity contribution >= 4 is 0 Å². The largest absolute Gasteiger partial charge is 0.349 e. The van der Waals surface area contributed by atoms with Crippen LogP contribution in [0.4, 0.5) is 0 Å². The summed E-state index contributed by atoms with van der Waals surface area (Å²) < 4.78 is 0. The number of allylic oxidation sites excluding steroid dienone is 3. The molecule has 62 valence electrons. The van der Waals surface area contributed by atoms with Crippen molar-refractivity contribution in [1.29, 1.82) is 0 Å². The minimum absolute atomic E-state index is 0.987. The summed E-state index contributed by atoms with van der Waals surface area (Å²) in [6.45, 7) is 5.91. The van der Waals surface area contributed by atoms with Crippen LogP contribution in [0.3, 0.4) is 0 Å². The van der Waals surface area contributed by atoms with Crippen LogP contribution in [0.15, 0.2) is 36.4 Å². The van der Waals surface area contributed by atoms with Crippen LogP contribution in [0, 0.1) is 0 Å². The van der Waals surface area contributed by atoms with E-state index in [0.29, 0.717) is 0 Å². The molecule has 0 amide bonds. The zero-order valence-electron chi connectivity index (χ0n) is 7.39. The Morgan fingerprint density at radius 1 is 0.909 bits per heavy atom. The third-order valence-corrected chi connectivity index (χ3v) is 1.10. The summed E-state index contributed by atoms with van der Waals surface area (Å²) in [6, 6.07) is 0. The smallest absolute Gasteiger partial charge is 0.102 e. The highest BCUT2D eigenvalue weighted by Crippen LogP contribution is 1.82. The van der Waals surface area contributed by atoms with Gasteiger partial charge in [0.05, 0.1) is 0 Å². The summed E-state index contributed by atoms with van der Waals surface area (Å²) in [6.07, 6.45) is 9.62. The van der Waals surface area contributed by atoms with E-state index in [1.165, 1.54) is 0 Å². The van der Waals surface area contributed by atoms with Gasteiger partial charge in [0.15, 0.2) is 0 Å². The van der Waals surface area contributed by atoms with Gasteiger partial charge in [-0.05, 0) is 39.2 Å². The molecular formula is C9H16N2. The summed E-state index contributed by atoms with van der Waals surface area (Å²) in [7, 11) is 0. The Morgan fingerprint density at radius 2 is 1.36 bits per heavy atom. The van der Waals surface area contributed by atoms with E-state index in [1.54, 1.807) is 0 Å². The van der Waals surface area contributed by atoms with Crippen molar-refractivity contribution in [2.24, 2.45) is 0 Å². The number of hydrogen-bond acceptors (Lipinski definition) is 2. The summed E-state index contributed by atoms with van der Waals surface area (Å²) in [5, 5.41) is 6.14. The van der Waals surface area contributed by atoms with Gasteiger partial charge in [0.1, 0.15) is 5.82 Å². The average molecular weight is 152 g/mol. The maximum Gasteiger partial charge on any atom is 0.102 e. The highest BCUT2D eigenvalue weighted by Gasteiger charge is 1.83. The molecule has 0 aliphatic carbocycles. The van der Waals surface area contributed by atoms with Crippen LogP contribution in [-0.4, -0.2) is 0 Å². The average Bonchev–Trinajstić information content (AvgIpc) is 2.05. The molecule has 0 saturated carbocycles. The molecule has 2 N–H and O–H groups in total. The van der Waals surface area contributed by atoms with E-state index in [2.05, 4.69) is 10.6 Å². The topological polar surface area (TPSA) is 24.1 Å². The maximum atomic E-state index is 3.07. The molecule has 0 aliphatic heterocycles. The van der Waals surface area contributed by atoms with Crippen LogP contribution >= 0.6 is 0 Å². The molecule has 0 unspecified atom stereocenters. The van der Waals surface area contributed by atoms with Crippen molar-refractivity contribution in [1.82, 2.24) is 10.6 Å². The predicted octanol–water partition coefficient (Wildman–Crippen LogP) is 2.09. The van der Waals surface area contributed by atoms with Crippen LogP contribution in [0.2, 0.25) is 0 Å². The lowest BCUT2D eigenvalue weighted by Gasteiger charge is -2.04. The SMILES string of the molecule is CC=CNC(=CC)NC=CC. The minimum atomic E-state index is 0.987. The van der Waals surface area contributed by atoms with Gasteiger partial charge in [-0.2, -0.15) is 0 Å². The summed E-state index contributed by atoms with van der Waals surface area (Å²) in [5.74, 6) is 0.987. The van der Waals surface area contributed by atoms with E-state index in [4.69, 9.17) is 0 Å². The molecule has 0 atom stereocenters. The van der Waals surface area contributed by atoms with E-state index in [1.807, 2.05) is 51.4 Å². The molecule has 0 saturated heterocycles. The molecule has 11 heavy (non-hydrogen) atoms. The molecule has 0 aromatic carbocycles. The summed E-state index contributed by atoms with van der Waals surface area (Å²) in [5.41, 5.74) is 0. The van der Waals surface area contributed by atoms with Crippen LogP contribution in [0.25, 0.3) is 0 Å². The van der Waals surface area contributed by atoms with Crippen molar-refractivity contribution in [2.75, 3.05) is 0 Å². The number of rotatable bonds is 4. The highest BCUT2D eigenvalue weighted by molar-refractivity contribution is 5.02. The van der Waals surface area contributed by atoms with Gasteiger partial charge in [-0.1, -0.05) is 12.2 Å². The van der Waals surface area contributed by atoms with Crippen LogP contribution in [0.5, 0.6) is 0 Å². The highest BCUT2D eigenvalue weighted by atomic mass is 15.1. The Balaban J connectivity index is 3.78. The molecule has 0 aliphatic rings. The molecule has 0 spiro atoms. The third kappa shape index (κ3) is 5.27. The van der Waals surface area contributed by atoms with E-state index >= 15 is 0 Å². The molecule has 0 aromatic heterocycles. The lowest BCUT2D eigenvalue weighted by atomic mass is 10.5. The molecule has 0 rings (SSSR count). The number of hydrogen-bond donors (Lipinski definition) is 2. The fourth-order valence-corrected chi connectivity index (χ4v) is 0.555. The lowest BCUT2D eigenvalue weighted by Crippen LogP contribution is -2.17. The summed E-state index contributed by atoms with van der Waals surface area (Å²) >= 11 is 0. The Hall–Kier alpha value is -1.18. The zero-order valence-corrected chi connectivity index (χ0v) is 7.39. The molecule has 0 fully saturated rings. The number of nitrogens with one attached hydrogen (secondary N) is 2. The molecule has 0 heterocycles. The van der Waals surface area contributed by atoms with Crippen LogP contribution in [0.1, 0.15) is 20.8 Å². The van der Waals surface area contributed by atoms with Gasteiger partial charge in [0.2, 0.25) is 0 Å². The summed E-state index contributed by atoms with van der Waals surface area (Å²) in [4.78, 5) is 0. The first-order valence-electron chi connectivity index (χ1n) is 3.76. The van der Waals surface area contributed by atoms with Gasteiger partial charge in [0, 0.05) is 0 Å². The van der Waals surface area contributed by atoms with Gasteiger partial charge in [0.25, 0.3) is 0 Å². The van der Waals surface area contributed by atoms with Gasteiger partial charge in [-0.15, -0.1) is 0 Å². The minimum Gasteiger partial charge on any atom is -0.349 e. The van der Waals surface area contributed by atoms with E-state index in [0.717, 1.165) is 5.82 Å². The fraction of sp³-hybridized carbons (Fsp3) is 0.333. The van der Waals surface area contributed by atoms with E-state index in [-0.39, 0.29) is 0 Å². The van der Waals surface area contributed by atoms with Crippen molar-refractivity contribution < 1.29 is 0 Å². The van der Waals surface area contributed by atoms with Crippen molar-refractivity contribution in [3.63, 3.8) is 0 Å². The molecule has 2 heteroatoms. The standard InChI is InChI=1S/C9H16N2/c1-4-7-10-9(6-3)11-8-5-2/h4-8,10-11H,1-3H3. The Bertz CT molecular complexity index is 150. The van der Waals surface area contributed by atoms with Crippen LogP contribution in [-0.2, 0) is 0 Å². The first-order chi connectivity index (χ1) is 5.35. The van der Waals surface area contributed by atoms with Crippen molar-refractivity contribution in [3.8, 4) is 0 Å². The first kappa shape index (κ1) is 9.82. The third-order valence-electron chi connectivity index (χ3n) is 1.10. The van der Waals surface area contributed by atoms with Gasteiger partial charge in [-0.25, -0.2) is 0 Å². The zero-order chi connectivity index (χ0) is 8.53. The lowest BCUT2D eigenvalue weighted by molar-refractivity contribution is 0.903. The van der Waals surface area contributed by atoms with Gasteiger partial charge < -0.3 is 10.6 Å². The predicted molar refractivity (Wildman–Crippen MR) is 49.7 cm³/mol. The van der Waals surface area contributed by atoms with E-state index in [9.17, 15) is 0 Å².